The minimum absolute atomic E-state index is 0.0225. The summed E-state index contributed by atoms with van der Waals surface area (Å²) in [6, 6.07) is 7.63. The fourth-order valence-electron chi connectivity index (χ4n) is 16.1. The first kappa shape index (κ1) is 114. The average molecular weight is 1980 g/mol. The largest absolute Gasteiger partial charge is 0.482 e. The van der Waals surface area contributed by atoms with Crippen molar-refractivity contribution in [3.05, 3.63) is 155 Å². The first-order chi connectivity index (χ1) is 66.9. The predicted molar refractivity (Wildman–Crippen MR) is 524 cm³/mol. The number of aliphatic carboxylic acids is 2. The van der Waals surface area contributed by atoms with Crippen LogP contribution in [0.15, 0.2) is 128 Å². The van der Waals surface area contributed by atoms with Crippen molar-refractivity contribution in [2.75, 3.05) is 31.2 Å². The molecule has 2 aliphatic rings. The standard InChI is InChI=1S/C99H139N19O22S/c1-53(2)42-70-88(128)106-69(35-39-101)87(127)109-73(44-60-21-14-12-15-22-60)92(132)117-83(56(7)8)98(138)118-84(59(11)119)99(139)114-77(95(135)104-58(10)85(102)125)51-141-52-78(120)105-71(47-63-36-40-103-41-37-63)89(129)110-72(46-62-29-33-67(34-30-62)140-50-80(123)124)90(130)112-76(49-79(121)122)91(131)111-75(48-64-23-18-20-57(9)43-64)94(134)116-82(55(5)6)97(137)113-74(45-61-27-31-66(32-28-61)65-24-16-13-17-25-65)93(133)115-81(54(3)4)96(136)107-68(26-19-38-100)86(126)108-70/h13,16-18,20,23-25,27-34,36-37,40-41,43,53-56,58-60,68-77,81-84,119H,12,14-15,19,21-22,26,35,38-39,42,44-52,100-101H2,1-11H3,(H2,102,125)(H,104,135)(H,105,120)(H,106,128)(H,107,136)(H,108,126)(H,109,127)(H,110,129)(H,111,131)(H,112,130)(H,113,137)(H,114,139)(H,115,133)(H,116,134)(H,117,132)(H,118,138)(H,121,122)(H,123,124)/t58-,59?,68-,69-,70+,71-,72-,73-,74-,75-,76-,77-,81-,82-,83-,84-/m0/s1. The number of aryl methyl sites for hydroxylation is 1. The number of nitrogens with zero attached hydrogens (tertiary/aromatic N) is 1. The molecule has 768 valence electrons. The van der Waals surface area contributed by atoms with E-state index in [1.165, 1.54) is 55.7 Å². The molecule has 0 radical (unpaired) electrons. The highest BCUT2D eigenvalue weighted by Gasteiger charge is 2.42. The van der Waals surface area contributed by atoms with Gasteiger partial charge in [-0.3, -0.25) is 86.5 Å². The first-order valence-corrected chi connectivity index (χ1v) is 48.8. The molecule has 4 aromatic carbocycles. The Kier molecular flexibility index (Phi) is 46.5. The van der Waals surface area contributed by atoms with Gasteiger partial charge in [0.15, 0.2) is 6.61 Å². The Labute approximate surface area is 824 Å². The van der Waals surface area contributed by atoms with E-state index in [-0.39, 0.29) is 87.6 Å². The molecule has 2 heterocycles. The number of rotatable bonds is 30. The zero-order chi connectivity index (χ0) is 104. The number of carboxylic acids is 2. The van der Waals surface area contributed by atoms with Crippen LogP contribution in [0.25, 0.3) is 11.1 Å². The Morgan fingerprint density at radius 3 is 1.37 bits per heavy atom. The quantitative estimate of drug-likeness (QED) is 0.0293. The normalized spacial score (nSPS) is 23.8. The molecule has 1 saturated carbocycles. The molecule has 24 N–H and O–H groups in total. The maximum absolute atomic E-state index is 15.4. The summed E-state index contributed by atoms with van der Waals surface area (Å²) >= 11 is 0.700. The van der Waals surface area contributed by atoms with Crippen LogP contribution < -0.4 is 102 Å². The predicted octanol–water partition coefficient (Wildman–Crippen LogP) is 0.243. The minimum atomic E-state index is -2.09. The highest BCUT2D eigenvalue weighted by molar-refractivity contribution is 8.00. The van der Waals surface area contributed by atoms with E-state index >= 15 is 33.6 Å². The van der Waals surface area contributed by atoms with Gasteiger partial charge in [0, 0.05) is 43.8 Å². The summed E-state index contributed by atoms with van der Waals surface area (Å²) in [6.45, 7) is 16.3. The third-order valence-electron chi connectivity index (χ3n) is 23.9. The summed E-state index contributed by atoms with van der Waals surface area (Å²) in [7, 11) is 0. The van der Waals surface area contributed by atoms with Crippen LogP contribution in [0.2, 0.25) is 0 Å². The number of amides is 16. The van der Waals surface area contributed by atoms with Gasteiger partial charge in [0.2, 0.25) is 94.5 Å². The van der Waals surface area contributed by atoms with Gasteiger partial charge < -0.3 is 117 Å². The Morgan fingerprint density at radius 2 is 0.865 bits per heavy atom. The zero-order valence-electron chi connectivity index (χ0n) is 81.6. The highest BCUT2D eigenvalue weighted by atomic mass is 32.2. The van der Waals surface area contributed by atoms with E-state index in [0.29, 0.717) is 46.9 Å². The second kappa shape index (κ2) is 57.3. The molecule has 1 aromatic heterocycles. The van der Waals surface area contributed by atoms with E-state index in [1.54, 1.807) is 111 Å². The third kappa shape index (κ3) is 38.2. The van der Waals surface area contributed by atoms with Gasteiger partial charge in [0.25, 0.3) is 0 Å². The Balaban J connectivity index is 1.34. The van der Waals surface area contributed by atoms with Crippen LogP contribution in [0, 0.1) is 36.5 Å². The summed E-state index contributed by atoms with van der Waals surface area (Å²) in [5.41, 5.74) is 21.7. The van der Waals surface area contributed by atoms with Gasteiger partial charge in [-0.05, 0) is 153 Å². The molecule has 141 heavy (non-hydrogen) atoms. The van der Waals surface area contributed by atoms with Crippen LogP contribution >= 0.6 is 11.8 Å². The number of hydrogen-bond acceptors (Lipinski definition) is 24. The van der Waals surface area contributed by atoms with Crippen LogP contribution in [0.3, 0.4) is 0 Å². The molecule has 1 saturated heterocycles. The molecule has 42 heteroatoms. The van der Waals surface area contributed by atoms with Gasteiger partial charge in [-0.2, -0.15) is 0 Å². The first-order valence-electron chi connectivity index (χ1n) is 47.6. The third-order valence-corrected chi connectivity index (χ3v) is 25.0. The molecular weight excluding hydrogens is 1840 g/mol. The van der Waals surface area contributed by atoms with Gasteiger partial charge in [0.05, 0.1) is 18.3 Å². The SMILES string of the molecule is Cc1cccc(C[C@@H]2NC(=O)[C@H](CC(=O)O)NC(=O)[C@H](Cc3ccc(OCC(=O)O)cc3)NC(=O)[C@H](Cc3ccncc3)NC(=O)CSC[C@@H](C(=O)N[C@@H](C)C(N)=O)NC(=O)[C@H](C(C)O)NC(=O)[C@H](C(C)C)NC(=O)[C@H](CC3CCCCC3)NC(=O)[C@H](CCN)NC(=O)[C@@H](CC(C)C)NC(=O)[C@H](CCCN)NC(=O)[C@H](C(C)C)NC(=O)[C@H](Cc3ccc(-c4ccccc4)cc3)NC(=O)[C@H](C(C)C)NC2=O)c1. The van der Waals surface area contributed by atoms with Gasteiger partial charge in [-0.15, -0.1) is 11.8 Å². The van der Waals surface area contributed by atoms with Crippen LogP contribution in [-0.2, 0) is 112 Å². The molecule has 1 aliphatic heterocycles. The van der Waals surface area contributed by atoms with Gasteiger partial charge in [-0.25, -0.2) is 4.79 Å². The van der Waals surface area contributed by atoms with Gasteiger partial charge >= 0.3 is 11.9 Å². The monoisotopic (exact) mass is 1980 g/mol. The Bertz CT molecular complexity index is 5090. The van der Waals surface area contributed by atoms with E-state index in [2.05, 4.69) is 84.7 Å². The molecule has 1 unspecified atom stereocenters. The summed E-state index contributed by atoms with van der Waals surface area (Å²) < 4.78 is 5.33. The summed E-state index contributed by atoms with van der Waals surface area (Å²) in [5, 5.41) is 70.9. The van der Waals surface area contributed by atoms with Crippen LogP contribution in [0.5, 0.6) is 5.75 Å². The number of carbonyl (C=O) groups is 18. The number of aliphatic hydroxyl groups excluding tert-OH is 1. The van der Waals surface area contributed by atoms with Crippen molar-refractivity contribution in [1.29, 1.82) is 0 Å². The number of hydrogen-bond donors (Lipinski definition) is 21. The van der Waals surface area contributed by atoms with Crippen molar-refractivity contribution in [2.24, 2.45) is 46.8 Å². The van der Waals surface area contributed by atoms with Crippen LogP contribution in [0.4, 0.5) is 0 Å². The summed E-state index contributed by atoms with van der Waals surface area (Å²) in [4.78, 5) is 265. The number of thioether (sulfide) groups is 1. The molecular formula is C99H139N19O22S. The number of nitrogens with one attached hydrogen (secondary N) is 15. The lowest BCUT2D eigenvalue weighted by Gasteiger charge is -2.31. The maximum Gasteiger partial charge on any atom is 0.341 e. The van der Waals surface area contributed by atoms with Crippen molar-refractivity contribution < 1.29 is 106 Å². The Morgan fingerprint density at radius 1 is 0.440 bits per heavy atom. The van der Waals surface area contributed by atoms with Crippen molar-refractivity contribution >= 4 is 118 Å². The Hall–Kier alpha value is -13.5. The lowest BCUT2D eigenvalue weighted by molar-refractivity contribution is -0.142. The number of pyridine rings is 1. The number of aliphatic hydroxyl groups is 1. The molecule has 16 atom stereocenters. The van der Waals surface area contributed by atoms with Gasteiger partial charge in [-0.1, -0.05) is 184 Å². The number of aromatic nitrogens is 1. The van der Waals surface area contributed by atoms with Crippen molar-refractivity contribution in [3.63, 3.8) is 0 Å². The number of primary amides is 1. The fourth-order valence-corrected chi connectivity index (χ4v) is 16.9. The van der Waals surface area contributed by atoms with Crippen molar-refractivity contribution in [3.8, 4) is 16.9 Å². The average Bonchev–Trinajstić information content (AvgIpc) is 0.842. The van der Waals surface area contributed by atoms with E-state index < -0.39 is 252 Å². The van der Waals surface area contributed by atoms with Crippen molar-refractivity contribution in [2.45, 2.75) is 269 Å². The van der Waals surface area contributed by atoms with E-state index in [4.69, 9.17) is 21.9 Å². The molecule has 1 aliphatic carbocycles. The molecule has 5 aromatic rings. The topological polar surface area (TPSA) is 649 Å². The summed E-state index contributed by atoms with van der Waals surface area (Å²) in [6.07, 6.45) is 2.11. The number of nitrogens with two attached hydrogens (primary N) is 3. The summed E-state index contributed by atoms with van der Waals surface area (Å²) in [5.74, 6) is -22.9. The fraction of sp³-hybridized carbons (Fsp3) is 0.525. The molecule has 0 spiro atoms. The second-order valence-electron chi connectivity index (χ2n) is 37.3. The zero-order valence-corrected chi connectivity index (χ0v) is 82.4. The number of ether oxygens (including phenoxy) is 1. The smallest absolute Gasteiger partial charge is 0.341 e. The highest BCUT2D eigenvalue weighted by Crippen LogP contribution is 2.29. The lowest BCUT2D eigenvalue weighted by atomic mass is 9.84. The second-order valence-corrected chi connectivity index (χ2v) is 38.3. The molecule has 2 fully saturated rings. The van der Waals surface area contributed by atoms with Crippen molar-refractivity contribution in [1.82, 2.24) is 84.7 Å². The maximum atomic E-state index is 15.4. The van der Waals surface area contributed by atoms with Gasteiger partial charge in [0.1, 0.15) is 96.4 Å². The molecule has 0 bridgehead atoms. The molecule has 41 nitrogen and oxygen atoms in total. The number of carboxylic acid groups (broad SMARTS) is 2. The number of carbonyl (C=O) groups excluding carboxylic acids is 16. The van der Waals surface area contributed by atoms with Crippen LogP contribution in [-0.4, -0.2) is 255 Å². The lowest BCUT2D eigenvalue weighted by Crippen LogP contribution is -2.63. The van der Waals surface area contributed by atoms with E-state index in [0.717, 1.165) is 37.3 Å². The molecule has 7 rings (SSSR count). The molecule has 16 amide bonds. The van der Waals surface area contributed by atoms with E-state index in [1.807, 2.05) is 30.3 Å². The number of benzene rings is 4. The van der Waals surface area contributed by atoms with Crippen LogP contribution in [0.1, 0.15) is 168 Å². The van der Waals surface area contributed by atoms with E-state index in [9.17, 15) is 68.1 Å². The minimum Gasteiger partial charge on any atom is -0.482 e.